The van der Waals surface area contributed by atoms with Crippen molar-refractivity contribution in [2.45, 2.75) is 31.7 Å². The van der Waals surface area contributed by atoms with Crippen LogP contribution in [0.2, 0.25) is 0 Å². The van der Waals surface area contributed by atoms with Crippen LogP contribution in [0.25, 0.3) is 0 Å². The van der Waals surface area contributed by atoms with Crippen LogP contribution in [0.4, 0.5) is 5.69 Å². The lowest BCUT2D eigenvalue weighted by atomic mass is 10.1. The van der Waals surface area contributed by atoms with Crippen molar-refractivity contribution in [3.63, 3.8) is 0 Å². The summed E-state index contributed by atoms with van der Waals surface area (Å²) in [4.78, 5) is 16.8. The zero-order valence-electron chi connectivity index (χ0n) is 12.9. The number of nitrogen functional groups attached to an aromatic ring is 1. The first-order chi connectivity index (χ1) is 9.99. The average Bonchev–Trinajstić information content (AvgIpc) is 2.95. The molecule has 0 atom stereocenters. The Morgan fingerprint density at radius 1 is 1.29 bits per heavy atom. The zero-order valence-corrected chi connectivity index (χ0v) is 12.9. The summed E-state index contributed by atoms with van der Waals surface area (Å²) in [6.45, 7) is 1.51. The Morgan fingerprint density at radius 2 is 1.95 bits per heavy atom. The summed E-state index contributed by atoms with van der Waals surface area (Å²) in [6, 6.07) is 4.85. The molecule has 0 radical (unpaired) electrons. The van der Waals surface area contributed by atoms with Gasteiger partial charge in [-0.05, 0) is 45.1 Å². The van der Waals surface area contributed by atoms with Gasteiger partial charge in [0.05, 0.1) is 5.56 Å². The molecule has 2 rings (SSSR count). The third-order valence-electron chi connectivity index (χ3n) is 4.08. The maximum absolute atomic E-state index is 12.8. The van der Waals surface area contributed by atoms with Crippen LogP contribution in [0.1, 0.15) is 36.0 Å². The molecule has 0 aromatic heterocycles. The van der Waals surface area contributed by atoms with Crippen LogP contribution in [0.3, 0.4) is 0 Å². The molecule has 0 bridgehead atoms. The highest BCUT2D eigenvalue weighted by atomic mass is 16.3. The van der Waals surface area contributed by atoms with E-state index in [1.54, 1.807) is 6.07 Å². The fourth-order valence-electron chi connectivity index (χ4n) is 2.86. The van der Waals surface area contributed by atoms with Crippen molar-refractivity contribution in [1.29, 1.82) is 0 Å². The molecule has 1 saturated carbocycles. The first-order valence-electron chi connectivity index (χ1n) is 7.53. The van der Waals surface area contributed by atoms with Gasteiger partial charge in [-0.25, -0.2) is 0 Å². The molecule has 5 nitrogen and oxygen atoms in total. The zero-order chi connectivity index (χ0) is 15.4. The topological polar surface area (TPSA) is 69.8 Å². The second-order valence-corrected chi connectivity index (χ2v) is 6.01. The molecule has 3 N–H and O–H groups in total. The second-order valence-electron chi connectivity index (χ2n) is 6.01. The third-order valence-corrected chi connectivity index (χ3v) is 4.08. The maximum atomic E-state index is 12.8. The molecule has 1 aromatic carbocycles. The Balaban J connectivity index is 2.21. The number of nitrogens with zero attached hydrogens (tertiary/aromatic N) is 2. The van der Waals surface area contributed by atoms with Crippen molar-refractivity contribution >= 4 is 11.6 Å². The molecule has 5 heteroatoms. The predicted octanol–water partition coefficient (Wildman–Crippen LogP) is 1.92. The van der Waals surface area contributed by atoms with Gasteiger partial charge in [-0.1, -0.05) is 12.8 Å². The van der Waals surface area contributed by atoms with Gasteiger partial charge in [0.1, 0.15) is 5.75 Å². The lowest BCUT2D eigenvalue weighted by Crippen LogP contribution is -2.42. The Kier molecular flexibility index (Phi) is 5.07. The number of nitrogens with two attached hydrogens (primary N) is 1. The number of rotatable bonds is 5. The summed E-state index contributed by atoms with van der Waals surface area (Å²) in [5.74, 6) is 0.00341. The number of likely N-dealkylation sites (N-methyl/N-ethyl adjacent to an activating group) is 1. The number of hydrogen-bond acceptors (Lipinski definition) is 4. The minimum Gasteiger partial charge on any atom is -0.508 e. The highest BCUT2D eigenvalue weighted by Gasteiger charge is 2.28. The van der Waals surface area contributed by atoms with Crippen molar-refractivity contribution in [1.82, 2.24) is 9.80 Å². The highest BCUT2D eigenvalue weighted by Crippen LogP contribution is 2.27. The van der Waals surface area contributed by atoms with Crippen molar-refractivity contribution in [2.75, 3.05) is 32.9 Å². The van der Waals surface area contributed by atoms with E-state index >= 15 is 0 Å². The molecule has 1 aliphatic carbocycles. The Labute approximate surface area is 126 Å². The van der Waals surface area contributed by atoms with E-state index in [0.717, 1.165) is 19.4 Å². The van der Waals surface area contributed by atoms with E-state index in [4.69, 9.17) is 5.73 Å². The first kappa shape index (κ1) is 15.6. The van der Waals surface area contributed by atoms with Gasteiger partial charge < -0.3 is 20.6 Å². The van der Waals surface area contributed by atoms with Crippen LogP contribution in [0.15, 0.2) is 18.2 Å². The highest BCUT2D eigenvalue weighted by molar-refractivity contribution is 5.99. The summed E-state index contributed by atoms with van der Waals surface area (Å²) < 4.78 is 0. The van der Waals surface area contributed by atoms with E-state index in [-0.39, 0.29) is 11.7 Å². The lowest BCUT2D eigenvalue weighted by Gasteiger charge is -2.30. The van der Waals surface area contributed by atoms with Crippen molar-refractivity contribution in [2.24, 2.45) is 0 Å². The summed E-state index contributed by atoms with van der Waals surface area (Å²) in [7, 11) is 4.00. The van der Waals surface area contributed by atoms with Crippen LogP contribution in [0.5, 0.6) is 5.75 Å². The van der Waals surface area contributed by atoms with Gasteiger partial charge in [0.2, 0.25) is 0 Å². The smallest absolute Gasteiger partial charge is 0.256 e. The van der Waals surface area contributed by atoms with Crippen LogP contribution in [-0.2, 0) is 0 Å². The fourth-order valence-corrected chi connectivity index (χ4v) is 2.86. The molecular formula is C16H25N3O2. The first-order valence-corrected chi connectivity index (χ1v) is 7.53. The van der Waals surface area contributed by atoms with E-state index in [2.05, 4.69) is 4.90 Å². The minimum absolute atomic E-state index is 0.0721. The number of amides is 1. The minimum atomic E-state index is -0.0721. The van der Waals surface area contributed by atoms with Crippen LogP contribution in [0, 0.1) is 0 Å². The number of phenolic OH excluding ortho intramolecular Hbond substituents is 1. The van der Waals surface area contributed by atoms with E-state index in [0.29, 0.717) is 23.8 Å². The lowest BCUT2D eigenvalue weighted by molar-refractivity contribution is 0.0668. The Hall–Kier alpha value is -1.75. The number of benzene rings is 1. The van der Waals surface area contributed by atoms with E-state index in [1.165, 1.54) is 25.0 Å². The second kappa shape index (κ2) is 6.80. The molecule has 0 unspecified atom stereocenters. The number of hydrogen-bond donors (Lipinski definition) is 2. The summed E-state index contributed by atoms with van der Waals surface area (Å²) in [6.07, 6.45) is 4.45. The molecule has 1 fully saturated rings. The largest absolute Gasteiger partial charge is 0.508 e. The van der Waals surface area contributed by atoms with E-state index in [9.17, 15) is 9.90 Å². The van der Waals surface area contributed by atoms with Crippen molar-refractivity contribution in [3.8, 4) is 5.75 Å². The molecule has 1 aliphatic rings. The van der Waals surface area contributed by atoms with Gasteiger partial charge in [-0.15, -0.1) is 0 Å². The molecular weight excluding hydrogens is 266 g/mol. The SMILES string of the molecule is CN(C)CCN(C(=O)c1cc(O)ccc1N)C1CCCC1. The van der Waals surface area contributed by atoms with Gasteiger partial charge in [-0.3, -0.25) is 4.79 Å². The molecule has 116 valence electrons. The molecule has 0 heterocycles. The third kappa shape index (κ3) is 3.88. The van der Waals surface area contributed by atoms with E-state index in [1.807, 2.05) is 19.0 Å². The quantitative estimate of drug-likeness (QED) is 0.642. The fraction of sp³-hybridized carbons (Fsp3) is 0.562. The standard InChI is InChI=1S/C16H25N3O2/c1-18(2)9-10-19(12-5-3-4-6-12)16(21)14-11-13(20)7-8-15(14)17/h7-8,11-12,20H,3-6,9-10,17H2,1-2H3. The van der Waals surface area contributed by atoms with Gasteiger partial charge in [-0.2, -0.15) is 0 Å². The van der Waals surface area contributed by atoms with Crippen molar-refractivity contribution < 1.29 is 9.90 Å². The number of carbonyl (C=O) groups excluding carboxylic acids is 1. The van der Waals surface area contributed by atoms with E-state index < -0.39 is 0 Å². The Bertz CT molecular complexity index is 496. The van der Waals surface area contributed by atoms with Gasteiger partial charge >= 0.3 is 0 Å². The van der Waals surface area contributed by atoms with Crippen LogP contribution >= 0.6 is 0 Å². The number of anilines is 1. The molecule has 1 amide bonds. The average molecular weight is 291 g/mol. The molecule has 21 heavy (non-hydrogen) atoms. The van der Waals surface area contributed by atoms with Crippen LogP contribution in [-0.4, -0.2) is 54.0 Å². The van der Waals surface area contributed by atoms with Crippen LogP contribution < -0.4 is 5.73 Å². The summed E-state index contributed by atoms with van der Waals surface area (Å²) in [5, 5.41) is 9.62. The van der Waals surface area contributed by atoms with Gasteiger partial charge in [0.25, 0.3) is 5.91 Å². The predicted molar refractivity (Wildman–Crippen MR) is 84.4 cm³/mol. The number of phenols is 1. The maximum Gasteiger partial charge on any atom is 0.256 e. The number of carbonyl (C=O) groups is 1. The molecule has 0 aliphatic heterocycles. The van der Waals surface area contributed by atoms with Crippen molar-refractivity contribution in [3.05, 3.63) is 23.8 Å². The summed E-state index contributed by atoms with van der Waals surface area (Å²) >= 11 is 0. The normalized spacial score (nSPS) is 15.6. The van der Waals surface area contributed by atoms with Gasteiger partial charge in [0, 0.05) is 24.8 Å². The molecule has 1 aromatic rings. The monoisotopic (exact) mass is 291 g/mol. The molecule has 0 saturated heterocycles. The summed E-state index contributed by atoms with van der Waals surface area (Å²) in [5.41, 5.74) is 6.74. The Morgan fingerprint density at radius 3 is 2.57 bits per heavy atom. The number of aromatic hydroxyl groups is 1. The molecule has 0 spiro atoms. The van der Waals surface area contributed by atoms with Gasteiger partial charge in [0.15, 0.2) is 0 Å².